The maximum absolute atomic E-state index is 12.1. The number of ether oxygens (including phenoxy) is 1. The predicted octanol–water partition coefficient (Wildman–Crippen LogP) is 3.34. The molecule has 2 rings (SSSR count). The Balaban J connectivity index is 0.00000288. The van der Waals surface area contributed by atoms with Crippen LogP contribution in [-0.2, 0) is 11.2 Å². The van der Waals surface area contributed by atoms with Crippen LogP contribution in [0.5, 0.6) is 5.75 Å². The number of rotatable bonds is 8. The maximum Gasteiger partial charge on any atom is 0.220 e. The highest BCUT2D eigenvalue weighted by molar-refractivity contribution is 5.85. The minimum Gasteiger partial charge on any atom is -0.494 e. The quantitative estimate of drug-likeness (QED) is 0.752. The van der Waals surface area contributed by atoms with Gasteiger partial charge in [-0.3, -0.25) is 4.79 Å². The van der Waals surface area contributed by atoms with Crippen molar-refractivity contribution in [3.63, 3.8) is 0 Å². The molecule has 136 valence electrons. The Morgan fingerprint density at radius 1 is 1.25 bits per heavy atom. The molecule has 1 aliphatic heterocycles. The van der Waals surface area contributed by atoms with E-state index in [1.807, 2.05) is 24.3 Å². The second-order valence-electron chi connectivity index (χ2n) is 6.83. The molecule has 1 aliphatic rings. The number of hydrogen-bond acceptors (Lipinski definition) is 3. The minimum atomic E-state index is 0. The maximum atomic E-state index is 12.1. The SMILES string of the molecule is CCCOc1ccc(CCC(=O)NCC2(C)CCNCC2)cc1.Cl. The van der Waals surface area contributed by atoms with Gasteiger partial charge in [-0.1, -0.05) is 26.0 Å². The average Bonchev–Trinajstić information content (AvgIpc) is 2.58. The van der Waals surface area contributed by atoms with Gasteiger partial charge in [0.25, 0.3) is 0 Å². The van der Waals surface area contributed by atoms with Crippen molar-refractivity contribution in [2.45, 2.75) is 46.0 Å². The molecule has 1 amide bonds. The zero-order valence-electron chi connectivity index (χ0n) is 14.9. The van der Waals surface area contributed by atoms with E-state index >= 15 is 0 Å². The molecule has 0 unspecified atom stereocenters. The fraction of sp³-hybridized carbons (Fsp3) is 0.632. The molecule has 1 fully saturated rings. The number of hydrogen-bond donors (Lipinski definition) is 2. The number of carbonyl (C=O) groups is 1. The zero-order valence-corrected chi connectivity index (χ0v) is 15.7. The van der Waals surface area contributed by atoms with Gasteiger partial charge in [0.15, 0.2) is 0 Å². The van der Waals surface area contributed by atoms with Gasteiger partial charge in [0.05, 0.1) is 6.61 Å². The fourth-order valence-electron chi connectivity index (χ4n) is 2.84. The Kier molecular flexibility index (Phi) is 9.16. The summed E-state index contributed by atoms with van der Waals surface area (Å²) in [6.45, 7) is 8.01. The summed E-state index contributed by atoms with van der Waals surface area (Å²) in [6, 6.07) is 8.07. The van der Waals surface area contributed by atoms with Crippen LogP contribution in [0.4, 0.5) is 0 Å². The summed E-state index contributed by atoms with van der Waals surface area (Å²) in [6.07, 6.45) is 4.59. The first kappa shape index (κ1) is 20.8. The van der Waals surface area contributed by atoms with Crippen LogP contribution in [0.3, 0.4) is 0 Å². The molecule has 0 aromatic heterocycles. The van der Waals surface area contributed by atoms with Gasteiger partial charge >= 0.3 is 0 Å². The van der Waals surface area contributed by atoms with Gasteiger partial charge in [-0.25, -0.2) is 0 Å². The molecule has 24 heavy (non-hydrogen) atoms. The molecule has 0 atom stereocenters. The predicted molar refractivity (Wildman–Crippen MR) is 101 cm³/mol. The van der Waals surface area contributed by atoms with Crippen molar-refractivity contribution in [3.05, 3.63) is 29.8 Å². The molecule has 1 aromatic rings. The molecule has 0 saturated carbocycles. The first-order chi connectivity index (χ1) is 11.1. The Morgan fingerprint density at radius 2 is 1.92 bits per heavy atom. The highest BCUT2D eigenvalue weighted by Crippen LogP contribution is 2.26. The lowest BCUT2D eigenvalue weighted by molar-refractivity contribution is -0.121. The van der Waals surface area contributed by atoms with Crippen molar-refractivity contribution < 1.29 is 9.53 Å². The number of piperidine rings is 1. The molecule has 4 nitrogen and oxygen atoms in total. The number of aryl methyl sites for hydroxylation is 1. The monoisotopic (exact) mass is 354 g/mol. The van der Waals surface area contributed by atoms with Crippen molar-refractivity contribution in [1.29, 1.82) is 0 Å². The normalized spacial score (nSPS) is 16.1. The van der Waals surface area contributed by atoms with Gasteiger partial charge in [-0.2, -0.15) is 0 Å². The summed E-state index contributed by atoms with van der Waals surface area (Å²) in [7, 11) is 0. The van der Waals surface area contributed by atoms with E-state index in [2.05, 4.69) is 24.5 Å². The van der Waals surface area contributed by atoms with Gasteiger partial charge in [0.1, 0.15) is 5.75 Å². The highest BCUT2D eigenvalue weighted by atomic mass is 35.5. The van der Waals surface area contributed by atoms with Crippen LogP contribution in [0.15, 0.2) is 24.3 Å². The molecule has 1 heterocycles. The second-order valence-corrected chi connectivity index (χ2v) is 6.83. The fourth-order valence-corrected chi connectivity index (χ4v) is 2.84. The van der Waals surface area contributed by atoms with Gasteiger partial charge in [-0.15, -0.1) is 12.4 Å². The zero-order chi connectivity index (χ0) is 16.5. The summed E-state index contributed by atoms with van der Waals surface area (Å²) in [5.41, 5.74) is 1.43. The van der Waals surface area contributed by atoms with E-state index in [0.717, 1.165) is 57.7 Å². The van der Waals surface area contributed by atoms with E-state index in [9.17, 15) is 4.79 Å². The summed E-state index contributed by atoms with van der Waals surface area (Å²) in [5, 5.41) is 6.48. The van der Waals surface area contributed by atoms with Crippen LogP contribution in [0.25, 0.3) is 0 Å². The van der Waals surface area contributed by atoms with Crippen molar-refractivity contribution in [2.75, 3.05) is 26.2 Å². The van der Waals surface area contributed by atoms with Gasteiger partial charge in [-0.05, 0) is 61.9 Å². The van der Waals surface area contributed by atoms with Crippen LogP contribution in [0.2, 0.25) is 0 Å². The van der Waals surface area contributed by atoms with E-state index in [-0.39, 0.29) is 23.7 Å². The van der Waals surface area contributed by atoms with Crippen molar-refractivity contribution in [1.82, 2.24) is 10.6 Å². The summed E-state index contributed by atoms with van der Waals surface area (Å²) in [5.74, 6) is 1.05. The van der Waals surface area contributed by atoms with Crippen molar-refractivity contribution in [3.8, 4) is 5.75 Å². The van der Waals surface area contributed by atoms with Gasteiger partial charge in [0, 0.05) is 13.0 Å². The highest BCUT2D eigenvalue weighted by Gasteiger charge is 2.26. The third-order valence-electron chi connectivity index (χ3n) is 4.56. The average molecular weight is 355 g/mol. The Morgan fingerprint density at radius 3 is 2.54 bits per heavy atom. The largest absolute Gasteiger partial charge is 0.494 e. The molecule has 2 N–H and O–H groups in total. The van der Waals surface area contributed by atoms with Crippen LogP contribution in [-0.4, -0.2) is 32.1 Å². The lowest BCUT2D eigenvalue weighted by Crippen LogP contribution is -2.42. The third kappa shape index (κ3) is 7.10. The van der Waals surface area contributed by atoms with Crippen LogP contribution >= 0.6 is 12.4 Å². The summed E-state index contributed by atoms with van der Waals surface area (Å²) >= 11 is 0. The van der Waals surface area contributed by atoms with Crippen LogP contribution in [0.1, 0.15) is 45.1 Å². The number of amides is 1. The summed E-state index contributed by atoms with van der Waals surface area (Å²) < 4.78 is 5.57. The number of halogens is 1. The third-order valence-corrected chi connectivity index (χ3v) is 4.56. The first-order valence-corrected chi connectivity index (χ1v) is 8.80. The smallest absolute Gasteiger partial charge is 0.220 e. The van der Waals surface area contributed by atoms with E-state index in [1.165, 1.54) is 5.56 Å². The second kappa shape index (κ2) is 10.6. The lowest BCUT2D eigenvalue weighted by Gasteiger charge is -2.34. The van der Waals surface area contributed by atoms with E-state index in [1.54, 1.807) is 0 Å². The topological polar surface area (TPSA) is 50.4 Å². The molecule has 1 saturated heterocycles. The minimum absolute atomic E-state index is 0. The van der Waals surface area contributed by atoms with E-state index in [4.69, 9.17) is 4.74 Å². The molecular weight excluding hydrogens is 324 g/mol. The molecular formula is C19H31ClN2O2. The molecule has 0 spiro atoms. The number of nitrogens with one attached hydrogen (secondary N) is 2. The van der Waals surface area contributed by atoms with Crippen LogP contribution in [0, 0.1) is 5.41 Å². The first-order valence-electron chi connectivity index (χ1n) is 8.80. The van der Waals surface area contributed by atoms with E-state index in [0.29, 0.717) is 6.42 Å². The molecule has 0 bridgehead atoms. The van der Waals surface area contributed by atoms with Gasteiger partial charge < -0.3 is 15.4 Å². The molecule has 0 aliphatic carbocycles. The molecule has 0 radical (unpaired) electrons. The van der Waals surface area contributed by atoms with Crippen molar-refractivity contribution in [2.24, 2.45) is 5.41 Å². The Hall–Kier alpha value is -1.26. The van der Waals surface area contributed by atoms with Gasteiger partial charge in [0.2, 0.25) is 5.91 Å². The Bertz CT molecular complexity index is 485. The standard InChI is InChI=1S/C19H30N2O2.ClH/c1-3-14-23-17-7-4-16(5-8-17)6-9-18(22)21-15-19(2)10-12-20-13-11-19;/h4-5,7-8,20H,3,6,9-15H2,1-2H3,(H,21,22);1H. The Labute approximate surface area is 152 Å². The van der Waals surface area contributed by atoms with E-state index < -0.39 is 0 Å². The lowest BCUT2D eigenvalue weighted by atomic mass is 9.81. The molecule has 5 heteroatoms. The van der Waals surface area contributed by atoms with Crippen molar-refractivity contribution >= 4 is 18.3 Å². The van der Waals surface area contributed by atoms with Crippen LogP contribution < -0.4 is 15.4 Å². The number of benzene rings is 1. The number of carbonyl (C=O) groups excluding carboxylic acids is 1. The molecule has 1 aromatic carbocycles. The summed E-state index contributed by atoms with van der Waals surface area (Å²) in [4.78, 5) is 12.1.